The molecule has 1 aliphatic rings. The monoisotopic (exact) mass is 318 g/mol. The Balaban J connectivity index is 2.01. The molecule has 0 spiro atoms. The molecule has 5 heteroatoms. The van der Waals surface area contributed by atoms with Gasteiger partial charge in [0.25, 0.3) is 0 Å². The van der Waals surface area contributed by atoms with Gasteiger partial charge in [-0.25, -0.2) is 0 Å². The number of hydrogen-bond acceptors (Lipinski definition) is 3. The van der Waals surface area contributed by atoms with Crippen molar-refractivity contribution in [1.29, 1.82) is 0 Å². The van der Waals surface area contributed by atoms with Gasteiger partial charge in [0.15, 0.2) is 0 Å². The Morgan fingerprint density at radius 3 is 2.89 bits per heavy atom. The van der Waals surface area contributed by atoms with Crippen molar-refractivity contribution in [2.24, 2.45) is 0 Å². The van der Waals surface area contributed by atoms with E-state index in [1.165, 1.54) is 0 Å². The Labute approximate surface area is 118 Å². The summed E-state index contributed by atoms with van der Waals surface area (Å²) in [5, 5.41) is 3.36. The molecule has 1 N–H and O–H groups in total. The average Bonchev–Trinajstić information content (AvgIpc) is 2.38. The van der Waals surface area contributed by atoms with Crippen molar-refractivity contribution >= 4 is 38.6 Å². The second kappa shape index (κ2) is 4.74. The van der Waals surface area contributed by atoms with Crippen LogP contribution >= 0.6 is 15.9 Å². The van der Waals surface area contributed by atoms with E-state index in [9.17, 15) is 9.59 Å². The number of rotatable bonds is 1. The Bertz CT molecular complexity index is 684. The molecule has 0 saturated carbocycles. The number of benzene rings is 1. The summed E-state index contributed by atoms with van der Waals surface area (Å²) in [6, 6.07) is 7.79. The lowest BCUT2D eigenvalue weighted by Gasteiger charge is -2.21. The molecule has 19 heavy (non-hydrogen) atoms. The molecule has 2 heterocycles. The van der Waals surface area contributed by atoms with Crippen LogP contribution in [0.15, 0.2) is 34.9 Å². The van der Waals surface area contributed by atoms with Gasteiger partial charge in [0.2, 0.25) is 11.8 Å². The predicted octanol–water partition coefficient (Wildman–Crippen LogP) is 2.52. The van der Waals surface area contributed by atoms with Crippen molar-refractivity contribution in [3.8, 4) is 0 Å². The van der Waals surface area contributed by atoms with E-state index in [1.807, 2.05) is 24.3 Å². The first-order chi connectivity index (χ1) is 9.13. The molecule has 1 saturated heterocycles. The molecule has 1 aromatic carbocycles. The summed E-state index contributed by atoms with van der Waals surface area (Å²) in [6.45, 7) is 0. The maximum Gasteiger partial charge on any atom is 0.234 e. The molecule has 2 amide bonds. The number of hydrogen-bond donors (Lipinski definition) is 1. The van der Waals surface area contributed by atoms with Crippen LogP contribution in [-0.4, -0.2) is 16.8 Å². The number of nitrogens with zero attached hydrogens (tertiary/aromatic N) is 1. The number of aromatic nitrogens is 1. The first kappa shape index (κ1) is 12.3. The molecule has 0 bridgehead atoms. The smallest absolute Gasteiger partial charge is 0.234 e. The van der Waals surface area contributed by atoms with Gasteiger partial charge in [-0.2, -0.15) is 0 Å². The Morgan fingerprint density at radius 1 is 1.26 bits per heavy atom. The van der Waals surface area contributed by atoms with Crippen LogP contribution in [-0.2, 0) is 9.59 Å². The molecule has 3 rings (SSSR count). The van der Waals surface area contributed by atoms with Crippen LogP contribution in [0.1, 0.15) is 24.3 Å². The lowest BCUT2D eigenvalue weighted by Crippen LogP contribution is -2.39. The zero-order chi connectivity index (χ0) is 13.4. The molecule has 1 atom stereocenters. The lowest BCUT2D eigenvalue weighted by atomic mass is 9.91. The lowest BCUT2D eigenvalue weighted by molar-refractivity contribution is -0.134. The number of imide groups is 1. The van der Waals surface area contributed by atoms with Gasteiger partial charge in [0.05, 0.1) is 11.4 Å². The topological polar surface area (TPSA) is 59.1 Å². The van der Waals surface area contributed by atoms with E-state index < -0.39 is 0 Å². The summed E-state index contributed by atoms with van der Waals surface area (Å²) in [5.41, 5.74) is 1.75. The van der Waals surface area contributed by atoms with Crippen molar-refractivity contribution in [3.63, 3.8) is 0 Å². The fourth-order valence-corrected chi connectivity index (χ4v) is 2.70. The summed E-state index contributed by atoms with van der Waals surface area (Å²) >= 11 is 3.42. The number of nitrogens with one attached hydrogen (secondary N) is 1. The molecule has 1 unspecified atom stereocenters. The van der Waals surface area contributed by atoms with Crippen molar-refractivity contribution in [2.45, 2.75) is 18.8 Å². The third kappa shape index (κ3) is 2.38. The molecule has 4 nitrogen and oxygen atoms in total. The van der Waals surface area contributed by atoms with Gasteiger partial charge in [-0.3, -0.25) is 19.9 Å². The number of pyridine rings is 1. The van der Waals surface area contributed by atoms with Crippen LogP contribution in [0, 0.1) is 0 Å². The summed E-state index contributed by atoms with van der Waals surface area (Å²) in [7, 11) is 0. The van der Waals surface area contributed by atoms with Gasteiger partial charge in [0, 0.05) is 22.5 Å². The van der Waals surface area contributed by atoms with Crippen LogP contribution in [0.3, 0.4) is 0 Å². The maximum atomic E-state index is 11.8. The minimum atomic E-state index is -0.284. The van der Waals surface area contributed by atoms with Crippen molar-refractivity contribution in [2.75, 3.05) is 0 Å². The zero-order valence-corrected chi connectivity index (χ0v) is 11.6. The molecule has 0 radical (unpaired) electrons. The molecule has 1 aromatic heterocycles. The van der Waals surface area contributed by atoms with Crippen LogP contribution < -0.4 is 5.32 Å². The van der Waals surface area contributed by atoms with Gasteiger partial charge < -0.3 is 0 Å². The van der Waals surface area contributed by atoms with Gasteiger partial charge >= 0.3 is 0 Å². The highest BCUT2D eigenvalue weighted by molar-refractivity contribution is 9.10. The Kier molecular flexibility index (Phi) is 3.06. The van der Waals surface area contributed by atoms with Crippen LogP contribution in [0.25, 0.3) is 10.9 Å². The highest BCUT2D eigenvalue weighted by Gasteiger charge is 2.28. The van der Waals surface area contributed by atoms with E-state index in [1.54, 1.807) is 6.20 Å². The average molecular weight is 319 g/mol. The van der Waals surface area contributed by atoms with Crippen molar-refractivity contribution in [1.82, 2.24) is 10.3 Å². The van der Waals surface area contributed by atoms with Crippen LogP contribution in [0.5, 0.6) is 0 Å². The SMILES string of the molecule is O=C1CCC(c2cnc3ccc(Br)cc3c2)C(=O)N1. The van der Waals surface area contributed by atoms with Crippen LogP contribution in [0.2, 0.25) is 0 Å². The minimum absolute atomic E-state index is 0.197. The largest absolute Gasteiger partial charge is 0.296 e. The quantitative estimate of drug-likeness (QED) is 0.822. The predicted molar refractivity (Wildman–Crippen MR) is 74.6 cm³/mol. The van der Waals surface area contributed by atoms with Gasteiger partial charge in [-0.1, -0.05) is 15.9 Å². The van der Waals surface area contributed by atoms with Gasteiger partial charge in [-0.05, 0) is 36.2 Å². The highest BCUT2D eigenvalue weighted by atomic mass is 79.9. The van der Waals surface area contributed by atoms with E-state index in [-0.39, 0.29) is 17.7 Å². The second-order valence-electron chi connectivity index (χ2n) is 4.61. The molecule has 2 aromatic rings. The first-order valence-electron chi connectivity index (χ1n) is 6.02. The van der Waals surface area contributed by atoms with E-state index in [4.69, 9.17) is 0 Å². The molecular formula is C14H11BrN2O2. The normalized spacial score (nSPS) is 19.5. The number of piperidine rings is 1. The second-order valence-corrected chi connectivity index (χ2v) is 5.53. The number of carbonyl (C=O) groups excluding carboxylic acids is 2. The molecule has 1 aliphatic heterocycles. The zero-order valence-electron chi connectivity index (χ0n) is 10.0. The summed E-state index contributed by atoms with van der Waals surface area (Å²) in [6.07, 6.45) is 2.65. The highest BCUT2D eigenvalue weighted by Crippen LogP contribution is 2.27. The van der Waals surface area contributed by atoms with Gasteiger partial charge in [0.1, 0.15) is 0 Å². The van der Waals surface area contributed by atoms with Gasteiger partial charge in [-0.15, -0.1) is 0 Å². The first-order valence-corrected chi connectivity index (χ1v) is 6.82. The Hall–Kier alpha value is -1.75. The summed E-state index contributed by atoms with van der Waals surface area (Å²) in [4.78, 5) is 27.4. The van der Waals surface area contributed by atoms with Crippen molar-refractivity contribution < 1.29 is 9.59 Å². The number of carbonyl (C=O) groups is 2. The molecule has 1 fully saturated rings. The number of amides is 2. The van der Waals surface area contributed by atoms with E-state index >= 15 is 0 Å². The minimum Gasteiger partial charge on any atom is -0.296 e. The fourth-order valence-electron chi connectivity index (χ4n) is 2.32. The molecule has 0 aliphatic carbocycles. The fraction of sp³-hybridized carbons (Fsp3) is 0.214. The van der Waals surface area contributed by atoms with Crippen molar-refractivity contribution in [3.05, 3.63) is 40.5 Å². The maximum absolute atomic E-state index is 11.8. The van der Waals surface area contributed by atoms with E-state index in [0.29, 0.717) is 12.8 Å². The third-order valence-corrected chi connectivity index (χ3v) is 3.80. The van der Waals surface area contributed by atoms with Crippen LogP contribution in [0.4, 0.5) is 0 Å². The standard InChI is InChI=1S/C14H11BrN2O2/c15-10-1-3-12-8(6-10)5-9(7-16-12)11-2-4-13(18)17-14(11)19/h1,3,5-7,11H,2,4H2,(H,17,18,19). The number of halogens is 1. The molecular weight excluding hydrogens is 308 g/mol. The van der Waals surface area contributed by atoms with E-state index in [2.05, 4.69) is 26.2 Å². The third-order valence-electron chi connectivity index (χ3n) is 3.31. The molecule has 96 valence electrons. The number of fused-ring (bicyclic) bond motifs is 1. The Morgan fingerprint density at radius 2 is 2.11 bits per heavy atom. The summed E-state index contributed by atoms with van der Waals surface area (Å²) in [5.74, 6) is -0.710. The summed E-state index contributed by atoms with van der Waals surface area (Å²) < 4.78 is 0.974. The van der Waals surface area contributed by atoms with E-state index in [0.717, 1.165) is 20.9 Å².